The molecule has 4 aromatic rings. The van der Waals surface area contributed by atoms with Crippen molar-refractivity contribution in [3.63, 3.8) is 0 Å². The number of nitrogens with zero attached hydrogens (tertiary/aromatic N) is 6. The molecule has 174 valence electrons. The summed E-state index contributed by atoms with van der Waals surface area (Å²) in [4.78, 5) is 35.7. The largest absolute Gasteiger partial charge is 0.417 e. The summed E-state index contributed by atoms with van der Waals surface area (Å²) >= 11 is 0. The molecule has 0 saturated carbocycles. The van der Waals surface area contributed by atoms with Gasteiger partial charge in [0.2, 0.25) is 0 Å². The Morgan fingerprint density at radius 2 is 1.88 bits per heavy atom. The number of carbonyl (C=O) groups is 1. The number of nitrogen functional groups attached to an aromatic ring is 1. The van der Waals surface area contributed by atoms with E-state index in [1.165, 1.54) is 35.8 Å². The summed E-state index contributed by atoms with van der Waals surface area (Å²) in [6.07, 6.45) is 2.18. The zero-order valence-corrected chi connectivity index (χ0v) is 18.3. The summed E-state index contributed by atoms with van der Waals surface area (Å²) in [6.45, 7) is 3.51. The maximum atomic E-state index is 13.6. The summed E-state index contributed by atoms with van der Waals surface area (Å²) in [5.74, 6) is -0.0471. The number of aromatic nitrogens is 5. The topological polar surface area (TPSA) is 111 Å². The minimum Gasteiger partial charge on any atom is -0.383 e. The Hall–Kier alpha value is -4.15. The Balaban J connectivity index is 1.70. The average Bonchev–Trinajstić information content (AvgIpc) is 2.82. The molecule has 34 heavy (non-hydrogen) atoms. The molecule has 0 aromatic carbocycles. The second-order valence-electron chi connectivity index (χ2n) is 7.74. The number of hydrogen-bond acceptors (Lipinski definition) is 7. The molecule has 1 amide bonds. The predicted octanol–water partition coefficient (Wildman–Crippen LogP) is 4.13. The Kier molecular flexibility index (Phi) is 6.10. The summed E-state index contributed by atoms with van der Waals surface area (Å²) in [7, 11) is 0. The second-order valence-corrected chi connectivity index (χ2v) is 7.74. The maximum Gasteiger partial charge on any atom is 0.417 e. The van der Waals surface area contributed by atoms with Gasteiger partial charge in [-0.1, -0.05) is 0 Å². The molecule has 0 saturated heterocycles. The highest BCUT2D eigenvalue weighted by atomic mass is 19.4. The fourth-order valence-corrected chi connectivity index (χ4v) is 3.40. The number of pyridine rings is 3. The zero-order valence-electron chi connectivity index (χ0n) is 18.3. The first kappa shape index (κ1) is 23.0. The zero-order chi connectivity index (χ0) is 24.5. The van der Waals surface area contributed by atoms with Gasteiger partial charge in [0.1, 0.15) is 5.82 Å². The molecule has 0 aliphatic carbocycles. The summed E-state index contributed by atoms with van der Waals surface area (Å²) in [5.41, 5.74) is 7.21. The van der Waals surface area contributed by atoms with Crippen molar-refractivity contribution in [3.05, 3.63) is 83.3 Å². The molecule has 0 radical (unpaired) electrons. The number of hydrogen-bond donors (Lipinski definition) is 1. The molecule has 4 aromatic heterocycles. The van der Waals surface area contributed by atoms with Gasteiger partial charge in [0.15, 0.2) is 5.65 Å². The Morgan fingerprint density at radius 1 is 1.09 bits per heavy atom. The Labute approximate surface area is 192 Å². The number of anilines is 1. The standard InChI is InChI=1S/C23H20F3N7O/c1-13-7-15-8-16(9-31-21(15)32-20(13)27)22(34)33(14(2)19-11-28-5-6-29-19)12-18-4-3-17(10-30-18)23(24,25)26/h3-11,14H,12H2,1-2H3,(H2,27,31,32). The van der Waals surface area contributed by atoms with Crippen LogP contribution >= 0.6 is 0 Å². The van der Waals surface area contributed by atoms with Gasteiger partial charge >= 0.3 is 6.18 Å². The smallest absolute Gasteiger partial charge is 0.383 e. The van der Waals surface area contributed by atoms with Gasteiger partial charge in [0.05, 0.1) is 41.3 Å². The quantitative estimate of drug-likeness (QED) is 0.470. The highest BCUT2D eigenvalue weighted by Gasteiger charge is 2.31. The van der Waals surface area contributed by atoms with Crippen molar-refractivity contribution in [2.24, 2.45) is 0 Å². The molecule has 0 aliphatic rings. The van der Waals surface area contributed by atoms with Crippen LogP contribution in [0.5, 0.6) is 0 Å². The molecule has 0 aliphatic heterocycles. The van der Waals surface area contributed by atoms with Crippen LogP contribution in [0.1, 0.15) is 45.8 Å². The van der Waals surface area contributed by atoms with E-state index in [1.807, 2.05) is 0 Å². The lowest BCUT2D eigenvalue weighted by atomic mass is 10.1. The van der Waals surface area contributed by atoms with Gasteiger partial charge in [0, 0.05) is 30.2 Å². The number of amides is 1. The van der Waals surface area contributed by atoms with Crippen molar-refractivity contribution < 1.29 is 18.0 Å². The number of halogens is 3. The summed E-state index contributed by atoms with van der Waals surface area (Å²) in [5, 5.41) is 0.636. The number of rotatable bonds is 5. The minimum atomic E-state index is -4.50. The molecule has 4 heterocycles. The van der Waals surface area contributed by atoms with Gasteiger partial charge in [-0.15, -0.1) is 0 Å². The first-order valence-electron chi connectivity index (χ1n) is 10.3. The van der Waals surface area contributed by atoms with Crippen molar-refractivity contribution in [1.29, 1.82) is 0 Å². The molecular formula is C23H20F3N7O. The van der Waals surface area contributed by atoms with Gasteiger partial charge in [-0.25, -0.2) is 9.97 Å². The lowest BCUT2D eigenvalue weighted by Crippen LogP contribution is -2.34. The highest BCUT2D eigenvalue weighted by Crippen LogP contribution is 2.29. The normalized spacial score (nSPS) is 12.5. The lowest BCUT2D eigenvalue weighted by Gasteiger charge is -2.28. The van der Waals surface area contributed by atoms with Crippen LogP contribution in [0, 0.1) is 6.92 Å². The van der Waals surface area contributed by atoms with Crippen molar-refractivity contribution in [2.75, 3.05) is 5.73 Å². The van der Waals surface area contributed by atoms with Gasteiger partial charge in [0.25, 0.3) is 5.91 Å². The molecule has 1 unspecified atom stereocenters. The van der Waals surface area contributed by atoms with E-state index >= 15 is 0 Å². The monoisotopic (exact) mass is 467 g/mol. The fraction of sp³-hybridized carbons (Fsp3) is 0.217. The van der Waals surface area contributed by atoms with Crippen LogP contribution in [-0.2, 0) is 12.7 Å². The van der Waals surface area contributed by atoms with Gasteiger partial charge in [-0.05, 0) is 43.7 Å². The van der Waals surface area contributed by atoms with Crippen LogP contribution in [0.15, 0.2) is 55.2 Å². The first-order valence-corrected chi connectivity index (χ1v) is 10.3. The second kappa shape index (κ2) is 9.00. The highest BCUT2D eigenvalue weighted by molar-refractivity contribution is 5.97. The van der Waals surface area contributed by atoms with E-state index in [-0.39, 0.29) is 17.8 Å². The van der Waals surface area contributed by atoms with Crippen LogP contribution in [0.2, 0.25) is 0 Å². The maximum absolute atomic E-state index is 13.6. The SMILES string of the molecule is Cc1cc2cc(C(=O)N(Cc3ccc(C(F)(F)F)cn3)C(C)c3cnccn3)cnc2nc1N. The molecule has 11 heteroatoms. The van der Waals surface area contributed by atoms with E-state index < -0.39 is 23.7 Å². The van der Waals surface area contributed by atoms with E-state index in [0.29, 0.717) is 22.5 Å². The van der Waals surface area contributed by atoms with E-state index in [2.05, 4.69) is 24.9 Å². The van der Waals surface area contributed by atoms with Crippen molar-refractivity contribution in [3.8, 4) is 0 Å². The molecule has 8 nitrogen and oxygen atoms in total. The number of aryl methyl sites for hydroxylation is 1. The van der Waals surface area contributed by atoms with Crippen LogP contribution < -0.4 is 5.73 Å². The van der Waals surface area contributed by atoms with Crippen LogP contribution in [-0.4, -0.2) is 35.7 Å². The third kappa shape index (κ3) is 4.77. The van der Waals surface area contributed by atoms with Crippen molar-refractivity contribution >= 4 is 22.8 Å². The first-order chi connectivity index (χ1) is 16.1. The molecule has 0 fully saturated rings. The van der Waals surface area contributed by atoms with E-state index in [9.17, 15) is 18.0 Å². The number of nitrogens with two attached hydrogens (primary N) is 1. The van der Waals surface area contributed by atoms with Crippen molar-refractivity contribution in [1.82, 2.24) is 29.8 Å². The molecule has 4 rings (SSSR count). The fourth-order valence-electron chi connectivity index (χ4n) is 3.40. The Bertz CT molecular complexity index is 1330. The number of carbonyl (C=O) groups excluding carboxylic acids is 1. The summed E-state index contributed by atoms with van der Waals surface area (Å²) < 4.78 is 38.8. The number of fused-ring (bicyclic) bond motifs is 1. The van der Waals surface area contributed by atoms with Gasteiger partial charge in [-0.3, -0.25) is 19.7 Å². The van der Waals surface area contributed by atoms with E-state index in [4.69, 9.17) is 5.73 Å². The van der Waals surface area contributed by atoms with Crippen LogP contribution in [0.25, 0.3) is 11.0 Å². The predicted molar refractivity (Wildman–Crippen MR) is 118 cm³/mol. The van der Waals surface area contributed by atoms with E-state index in [0.717, 1.165) is 17.8 Å². The van der Waals surface area contributed by atoms with Gasteiger partial charge < -0.3 is 10.6 Å². The third-order valence-corrected chi connectivity index (χ3v) is 5.37. The lowest BCUT2D eigenvalue weighted by molar-refractivity contribution is -0.137. The minimum absolute atomic E-state index is 0.0498. The molecule has 0 spiro atoms. The molecule has 2 N–H and O–H groups in total. The van der Waals surface area contributed by atoms with Crippen molar-refractivity contribution in [2.45, 2.75) is 32.6 Å². The Morgan fingerprint density at radius 3 is 2.53 bits per heavy atom. The van der Waals surface area contributed by atoms with Gasteiger partial charge in [-0.2, -0.15) is 13.2 Å². The average molecular weight is 467 g/mol. The van der Waals surface area contributed by atoms with E-state index in [1.54, 1.807) is 26.0 Å². The molecular weight excluding hydrogens is 447 g/mol. The molecule has 1 atom stereocenters. The van der Waals surface area contributed by atoms with Crippen LogP contribution in [0.4, 0.5) is 19.0 Å². The summed E-state index contributed by atoms with van der Waals surface area (Å²) in [6, 6.07) is 5.08. The van der Waals surface area contributed by atoms with Crippen LogP contribution in [0.3, 0.4) is 0 Å². The number of alkyl halides is 3. The molecule has 0 bridgehead atoms. The third-order valence-electron chi connectivity index (χ3n) is 5.37.